The van der Waals surface area contributed by atoms with E-state index in [-0.39, 0.29) is 5.41 Å². The molecule has 4 heteroatoms. The van der Waals surface area contributed by atoms with E-state index in [9.17, 15) is 0 Å². The highest BCUT2D eigenvalue weighted by atomic mass is 35.5. The van der Waals surface area contributed by atoms with Gasteiger partial charge in [-0.1, -0.05) is 42.5 Å². The molecule has 1 aromatic rings. The summed E-state index contributed by atoms with van der Waals surface area (Å²) in [6, 6.07) is 12.2. The van der Waals surface area contributed by atoms with Gasteiger partial charge in [0, 0.05) is 23.4 Å². The van der Waals surface area contributed by atoms with Gasteiger partial charge in [-0.05, 0) is 86.5 Å². The third-order valence-corrected chi connectivity index (χ3v) is 9.56. The predicted molar refractivity (Wildman–Crippen MR) is 121 cm³/mol. The Morgan fingerprint density at radius 3 is 2.29 bits per heavy atom. The number of alkyl halides is 1. The molecule has 0 spiro atoms. The van der Waals surface area contributed by atoms with Crippen LogP contribution in [-0.2, 0) is 5.41 Å². The molecule has 4 bridgehead atoms. The van der Waals surface area contributed by atoms with Gasteiger partial charge in [0.25, 0.3) is 0 Å². The van der Waals surface area contributed by atoms with Crippen LogP contribution in [0.1, 0.15) is 63.4 Å². The molecular formula is C24H33ClN2S. The number of nitrogens with one attached hydrogen (secondary N) is 1. The summed E-state index contributed by atoms with van der Waals surface area (Å²) in [7, 11) is 0. The van der Waals surface area contributed by atoms with Crippen LogP contribution in [0, 0.1) is 23.2 Å². The zero-order chi connectivity index (χ0) is 19.4. The second kappa shape index (κ2) is 7.25. The molecule has 0 aromatic heterocycles. The number of rotatable bonds is 4. The van der Waals surface area contributed by atoms with Crippen LogP contribution in [0.3, 0.4) is 0 Å². The van der Waals surface area contributed by atoms with Crippen LogP contribution >= 0.6 is 23.8 Å². The van der Waals surface area contributed by atoms with Crippen molar-refractivity contribution in [3.05, 3.63) is 35.9 Å². The van der Waals surface area contributed by atoms with Crippen molar-refractivity contribution >= 4 is 28.8 Å². The van der Waals surface area contributed by atoms with Gasteiger partial charge in [-0.2, -0.15) is 0 Å². The Labute approximate surface area is 180 Å². The molecule has 0 heterocycles. The number of nitrogens with two attached hydrogens (primary N) is 1. The molecule has 0 saturated heterocycles. The van der Waals surface area contributed by atoms with Crippen LogP contribution in [0.5, 0.6) is 0 Å². The van der Waals surface area contributed by atoms with Crippen molar-refractivity contribution in [2.75, 3.05) is 5.88 Å². The number of halogens is 1. The molecule has 5 saturated carbocycles. The van der Waals surface area contributed by atoms with Gasteiger partial charge in [-0.25, -0.2) is 0 Å². The molecule has 2 unspecified atom stereocenters. The smallest absolute Gasteiger partial charge is 0.0818 e. The van der Waals surface area contributed by atoms with Gasteiger partial charge >= 0.3 is 0 Å². The van der Waals surface area contributed by atoms with E-state index in [1.807, 2.05) is 0 Å². The molecule has 1 aromatic carbocycles. The van der Waals surface area contributed by atoms with Crippen LogP contribution in [-0.4, -0.2) is 23.0 Å². The maximum atomic E-state index is 6.47. The van der Waals surface area contributed by atoms with Crippen molar-refractivity contribution < 1.29 is 0 Å². The molecule has 3 N–H and O–H groups in total. The Bertz CT molecular complexity index is 711. The fourth-order valence-corrected chi connectivity index (χ4v) is 8.40. The van der Waals surface area contributed by atoms with E-state index < -0.39 is 0 Å². The molecular weight excluding hydrogens is 384 g/mol. The maximum Gasteiger partial charge on any atom is 0.0818 e. The highest BCUT2D eigenvalue weighted by Crippen LogP contribution is 2.67. The minimum atomic E-state index is 0.180. The van der Waals surface area contributed by atoms with Crippen LogP contribution < -0.4 is 11.1 Å². The first-order valence-corrected chi connectivity index (χ1v) is 12.2. The van der Waals surface area contributed by atoms with Crippen LogP contribution in [0.2, 0.25) is 0 Å². The van der Waals surface area contributed by atoms with E-state index in [4.69, 9.17) is 29.6 Å². The van der Waals surface area contributed by atoms with Gasteiger partial charge in [-0.3, -0.25) is 0 Å². The van der Waals surface area contributed by atoms with E-state index in [0.717, 1.165) is 35.5 Å². The summed E-state index contributed by atoms with van der Waals surface area (Å²) in [5, 5.41) is 3.84. The lowest BCUT2D eigenvalue weighted by molar-refractivity contribution is -0.0736. The number of thiocarbonyl (C=S) groups is 1. The molecule has 152 valence electrons. The van der Waals surface area contributed by atoms with Crippen LogP contribution in [0.4, 0.5) is 0 Å². The first-order valence-electron chi connectivity index (χ1n) is 11.2. The quantitative estimate of drug-likeness (QED) is 0.524. The summed E-state index contributed by atoms with van der Waals surface area (Å²) in [5.41, 5.74) is 8.13. The third-order valence-electron chi connectivity index (χ3n) is 8.65. The SMILES string of the molecule is N[C@H]1CC[C@H](NC(=S)C23CC4CC(c5ccccc5)(CC(C2)C4CCl)C3)CC1. The molecule has 2 atom stereocenters. The van der Waals surface area contributed by atoms with Gasteiger partial charge in [-0.15, -0.1) is 11.6 Å². The lowest BCUT2D eigenvalue weighted by Gasteiger charge is -2.65. The fraction of sp³-hybridized carbons (Fsp3) is 0.708. The van der Waals surface area contributed by atoms with Crippen molar-refractivity contribution in [2.24, 2.45) is 28.9 Å². The number of hydrogen-bond acceptors (Lipinski definition) is 2. The Hall–Kier alpha value is -0.640. The molecule has 5 aliphatic rings. The first kappa shape index (κ1) is 19.3. The number of benzene rings is 1. The first-order chi connectivity index (χ1) is 13.5. The third kappa shape index (κ3) is 3.13. The molecule has 5 aliphatic carbocycles. The van der Waals surface area contributed by atoms with Gasteiger partial charge in [0.2, 0.25) is 0 Å². The minimum absolute atomic E-state index is 0.180. The maximum absolute atomic E-state index is 6.47. The summed E-state index contributed by atoms with van der Waals surface area (Å²) >= 11 is 12.6. The van der Waals surface area contributed by atoms with Crippen molar-refractivity contribution in [2.45, 2.75) is 75.3 Å². The lowest BCUT2D eigenvalue weighted by Crippen LogP contribution is -2.62. The second-order valence-electron chi connectivity index (χ2n) is 10.3. The summed E-state index contributed by atoms with van der Waals surface area (Å²) in [6.45, 7) is 0. The molecule has 28 heavy (non-hydrogen) atoms. The summed E-state index contributed by atoms with van der Waals surface area (Å²) in [5.74, 6) is 2.94. The summed E-state index contributed by atoms with van der Waals surface area (Å²) in [6.07, 6.45) is 10.9. The zero-order valence-corrected chi connectivity index (χ0v) is 18.3. The second-order valence-corrected chi connectivity index (χ2v) is 11.1. The molecule has 6 rings (SSSR count). The Balaban J connectivity index is 1.42. The lowest BCUT2D eigenvalue weighted by atomic mass is 9.40. The van der Waals surface area contributed by atoms with E-state index in [0.29, 0.717) is 23.4 Å². The highest BCUT2D eigenvalue weighted by molar-refractivity contribution is 7.80. The predicted octanol–water partition coefficient (Wildman–Crippen LogP) is 5.18. The van der Waals surface area contributed by atoms with Gasteiger partial charge in [0.1, 0.15) is 0 Å². The fourth-order valence-electron chi connectivity index (χ4n) is 7.49. The number of hydrogen-bond donors (Lipinski definition) is 2. The largest absolute Gasteiger partial charge is 0.376 e. The van der Waals surface area contributed by atoms with Crippen LogP contribution in [0.15, 0.2) is 30.3 Å². The van der Waals surface area contributed by atoms with Gasteiger partial charge in [0.05, 0.1) is 4.99 Å². The molecule has 0 aliphatic heterocycles. The molecule has 0 amide bonds. The zero-order valence-electron chi connectivity index (χ0n) is 16.7. The highest BCUT2D eigenvalue weighted by Gasteiger charge is 2.62. The van der Waals surface area contributed by atoms with Gasteiger partial charge in [0.15, 0.2) is 0 Å². The average Bonchev–Trinajstić information content (AvgIpc) is 2.70. The molecule has 0 radical (unpaired) electrons. The van der Waals surface area contributed by atoms with Crippen molar-refractivity contribution in [3.8, 4) is 0 Å². The van der Waals surface area contributed by atoms with Crippen molar-refractivity contribution in [1.82, 2.24) is 5.32 Å². The topological polar surface area (TPSA) is 38.0 Å². The van der Waals surface area contributed by atoms with Gasteiger partial charge < -0.3 is 11.1 Å². The summed E-state index contributed by atoms with van der Waals surface area (Å²) in [4.78, 5) is 1.16. The standard InChI is InChI=1S/C24H33ClN2S/c25-14-21-16-10-23(18-4-2-1-3-5-18)11-17(21)13-24(12-16,15-23)22(28)27-20-8-6-19(26)7-9-20/h1-5,16-17,19-21H,6-15,26H2,(H,27,28)/t16?,17?,19-,20-,21?,23?,24?. The van der Waals surface area contributed by atoms with Crippen molar-refractivity contribution in [3.63, 3.8) is 0 Å². The average molecular weight is 417 g/mol. The Morgan fingerprint density at radius 1 is 1.04 bits per heavy atom. The monoisotopic (exact) mass is 416 g/mol. The van der Waals surface area contributed by atoms with Crippen LogP contribution in [0.25, 0.3) is 0 Å². The molecule has 5 fully saturated rings. The Morgan fingerprint density at radius 2 is 1.68 bits per heavy atom. The molecule has 2 nitrogen and oxygen atoms in total. The Kier molecular flexibility index (Phi) is 5.00. The van der Waals surface area contributed by atoms with E-state index in [1.165, 1.54) is 50.5 Å². The van der Waals surface area contributed by atoms with E-state index in [1.54, 1.807) is 0 Å². The minimum Gasteiger partial charge on any atom is -0.376 e. The normalized spacial score (nSPS) is 44.4. The summed E-state index contributed by atoms with van der Waals surface area (Å²) < 4.78 is 0. The van der Waals surface area contributed by atoms with Crippen molar-refractivity contribution in [1.29, 1.82) is 0 Å². The van der Waals surface area contributed by atoms with E-state index in [2.05, 4.69) is 35.6 Å². The van der Waals surface area contributed by atoms with E-state index >= 15 is 0 Å².